The van der Waals surface area contributed by atoms with Gasteiger partial charge < -0.3 is 24.7 Å². The van der Waals surface area contributed by atoms with Gasteiger partial charge in [0.2, 0.25) is 11.8 Å². The summed E-state index contributed by atoms with van der Waals surface area (Å²) >= 11 is 0. The molecule has 4 heterocycles. The first-order valence-corrected chi connectivity index (χ1v) is 11.3. The molecule has 8 nitrogen and oxygen atoms in total. The van der Waals surface area contributed by atoms with Crippen molar-refractivity contribution in [1.29, 1.82) is 0 Å². The number of hydrogen-bond donors (Lipinski definition) is 1. The smallest absolute Gasteiger partial charge is 0.283 e. The Morgan fingerprint density at radius 3 is 2.50 bits per heavy atom. The third-order valence-corrected chi connectivity index (χ3v) is 5.66. The molecule has 0 saturated heterocycles. The maximum atomic E-state index is 6.17. The summed E-state index contributed by atoms with van der Waals surface area (Å²) in [5, 5.41) is 0. The number of fused-ring (bicyclic) bond motifs is 4. The number of aromatic nitrogens is 2. The van der Waals surface area contributed by atoms with Crippen molar-refractivity contribution >= 4 is 6.02 Å². The van der Waals surface area contributed by atoms with E-state index in [0.29, 0.717) is 30.7 Å². The van der Waals surface area contributed by atoms with Crippen LogP contribution in [-0.4, -0.2) is 35.8 Å². The average Bonchev–Trinajstić information content (AvgIpc) is 3.20. The first-order chi connectivity index (χ1) is 16.3. The number of nitrogens with zero attached hydrogens (tertiary/aromatic N) is 3. The molecule has 2 aromatic heterocycles. The molecule has 2 N–H and O–H groups in total. The van der Waals surface area contributed by atoms with Gasteiger partial charge in [-0.1, -0.05) is 20.8 Å². The molecule has 34 heavy (non-hydrogen) atoms. The fraction of sp³-hybridized carbons (Fsp3) is 0.346. The van der Waals surface area contributed by atoms with Crippen molar-refractivity contribution in [3.63, 3.8) is 0 Å². The summed E-state index contributed by atoms with van der Waals surface area (Å²) in [6.45, 7) is 9.70. The van der Waals surface area contributed by atoms with Crippen LogP contribution < -0.4 is 19.9 Å². The van der Waals surface area contributed by atoms with Gasteiger partial charge in [-0.25, -0.2) is 15.0 Å². The first-order valence-electron chi connectivity index (χ1n) is 11.3. The molecule has 1 aromatic carbocycles. The van der Waals surface area contributed by atoms with Gasteiger partial charge in [-0.15, -0.1) is 0 Å². The summed E-state index contributed by atoms with van der Waals surface area (Å²) in [6.07, 6.45) is 3.53. The molecule has 176 valence electrons. The van der Waals surface area contributed by atoms with E-state index in [1.807, 2.05) is 43.3 Å². The van der Waals surface area contributed by atoms with E-state index in [1.54, 1.807) is 12.4 Å². The van der Waals surface area contributed by atoms with Crippen LogP contribution in [0.5, 0.6) is 23.3 Å². The van der Waals surface area contributed by atoms with Gasteiger partial charge in [-0.2, -0.15) is 0 Å². The van der Waals surface area contributed by atoms with Crippen LogP contribution in [0.25, 0.3) is 11.1 Å². The third-order valence-electron chi connectivity index (χ3n) is 5.66. The zero-order valence-electron chi connectivity index (χ0n) is 19.8. The molecule has 3 aromatic rings. The SMILES string of the molecule is CCOc1ccc(-c2cnc3c(c2)[C@]2(COC(N)=N2)c2cc(OCC(C)(C)C)ccc2O3)cn1. The van der Waals surface area contributed by atoms with Crippen LogP contribution in [0.15, 0.2) is 53.8 Å². The summed E-state index contributed by atoms with van der Waals surface area (Å²) < 4.78 is 23.4. The molecule has 0 unspecified atom stereocenters. The van der Waals surface area contributed by atoms with Gasteiger partial charge in [0.05, 0.1) is 18.8 Å². The van der Waals surface area contributed by atoms with Crippen LogP contribution in [0.1, 0.15) is 38.8 Å². The Labute approximate surface area is 198 Å². The largest absolute Gasteiger partial charge is 0.493 e. The second kappa shape index (κ2) is 8.20. The summed E-state index contributed by atoms with van der Waals surface area (Å²) in [4.78, 5) is 13.7. The number of nitrogens with two attached hydrogens (primary N) is 1. The first kappa shape index (κ1) is 22.0. The molecule has 1 atom stereocenters. The number of hydrogen-bond acceptors (Lipinski definition) is 8. The Morgan fingerprint density at radius 1 is 1.00 bits per heavy atom. The van der Waals surface area contributed by atoms with Crippen LogP contribution in [0, 0.1) is 5.41 Å². The Balaban J connectivity index is 1.57. The molecule has 8 heteroatoms. The topological polar surface area (TPSA) is 101 Å². The van der Waals surface area contributed by atoms with E-state index in [0.717, 1.165) is 28.0 Å². The molecule has 0 aliphatic carbocycles. The Kier molecular flexibility index (Phi) is 5.31. The molecule has 0 bridgehead atoms. The van der Waals surface area contributed by atoms with Crippen LogP contribution in [0.3, 0.4) is 0 Å². The van der Waals surface area contributed by atoms with Gasteiger partial charge in [0, 0.05) is 35.2 Å². The maximum absolute atomic E-state index is 6.17. The van der Waals surface area contributed by atoms with Crippen molar-refractivity contribution < 1.29 is 18.9 Å². The van der Waals surface area contributed by atoms with E-state index in [-0.39, 0.29) is 18.0 Å². The number of ether oxygens (including phenoxy) is 4. The average molecular weight is 461 g/mol. The third kappa shape index (κ3) is 4.00. The Bertz CT molecular complexity index is 1250. The van der Waals surface area contributed by atoms with Crippen molar-refractivity contribution in [1.82, 2.24) is 9.97 Å². The summed E-state index contributed by atoms with van der Waals surface area (Å²) in [6, 6.07) is 11.7. The van der Waals surface area contributed by atoms with E-state index in [4.69, 9.17) is 29.7 Å². The Hall–Kier alpha value is -3.81. The molecule has 0 fully saturated rings. The van der Waals surface area contributed by atoms with Gasteiger partial charge in [0.1, 0.15) is 18.1 Å². The number of benzene rings is 1. The fourth-order valence-corrected chi connectivity index (χ4v) is 4.04. The summed E-state index contributed by atoms with van der Waals surface area (Å²) in [7, 11) is 0. The highest BCUT2D eigenvalue weighted by Gasteiger charge is 2.48. The lowest BCUT2D eigenvalue weighted by Gasteiger charge is -2.33. The number of amidine groups is 1. The van der Waals surface area contributed by atoms with Gasteiger partial charge in [0.15, 0.2) is 5.54 Å². The molecule has 2 aliphatic heterocycles. The molecule has 2 aliphatic rings. The molecule has 0 saturated carbocycles. The van der Waals surface area contributed by atoms with Crippen LogP contribution in [-0.2, 0) is 10.3 Å². The zero-order chi connectivity index (χ0) is 23.9. The molecule has 5 rings (SSSR count). The van der Waals surface area contributed by atoms with E-state index in [9.17, 15) is 0 Å². The second-order valence-electron chi connectivity index (χ2n) is 9.60. The van der Waals surface area contributed by atoms with Crippen LogP contribution in [0.2, 0.25) is 0 Å². The van der Waals surface area contributed by atoms with Crippen molar-refractivity contribution in [2.24, 2.45) is 16.1 Å². The van der Waals surface area contributed by atoms with E-state index >= 15 is 0 Å². The number of rotatable bonds is 5. The lowest BCUT2D eigenvalue weighted by atomic mass is 9.81. The quantitative estimate of drug-likeness (QED) is 0.591. The van der Waals surface area contributed by atoms with Gasteiger partial charge in [0.25, 0.3) is 6.02 Å². The van der Waals surface area contributed by atoms with E-state index < -0.39 is 5.54 Å². The van der Waals surface area contributed by atoms with Crippen molar-refractivity contribution in [3.8, 4) is 34.4 Å². The normalized spacial score (nSPS) is 18.4. The van der Waals surface area contributed by atoms with Crippen molar-refractivity contribution in [2.45, 2.75) is 33.2 Å². The predicted octanol–water partition coefficient (Wildman–Crippen LogP) is 4.66. The van der Waals surface area contributed by atoms with Crippen molar-refractivity contribution in [3.05, 3.63) is 59.9 Å². The Morgan fingerprint density at radius 2 is 1.82 bits per heavy atom. The van der Waals surface area contributed by atoms with E-state index in [2.05, 4.69) is 30.7 Å². The van der Waals surface area contributed by atoms with Crippen molar-refractivity contribution in [2.75, 3.05) is 19.8 Å². The van der Waals surface area contributed by atoms with Crippen LogP contribution >= 0.6 is 0 Å². The van der Waals surface area contributed by atoms with Gasteiger partial charge in [-0.3, -0.25) is 0 Å². The molecular weight excluding hydrogens is 432 g/mol. The number of aliphatic imine (C=N–C) groups is 1. The fourth-order valence-electron chi connectivity index (χ4n) is 4.04. The molecule has 1 spiro atoms. The standard InChI is InChI=1S/C26H28N4O4/c1-5-31-22-9-6-16(12-28-22)17-10-20-23(29-13-17)34-21-8-7-18(32-14-25(2,3)4)11-19(21)26(20)15-33-24(27)30-26/h6-13H,5,14-15H2,1-4H3,(H2,27,30)/t26-/m0/s1. The highest BCUT2D eigenvalue weighted by Crippen LogP contribution is 2.51. The molecule has 0 amide bonds. The second-order valence-corrected chi connectivity index (χ2v) is 9.60. The highest BCUT2D eigenvalue weighted by atomic mass is 16.5. The highest BCUT2D eigenvalue weighted by molar-refractivity contribution is 5.77. The monoisotopic (exact) mass is 460 g/mol. The lowest BCUT2D eigenvalue weighted by molar-refractivity contribution is 0.197. The predicted molar refractivity (Wildman–Crippen MR) is 128 cm³/mol. The number of pyridine rings is 2. The van der Waals surface area contributed by atoms with Crippen LogP contribution in [0.4, 0.5) is 0 Å². The zero-order valence-corrected chi connectivity index (χ0v) is 19.8. The molecule has 0 radical (unpaired) electrons. The van der Waals surface area contributed by atoms with E-state index in [1.165, 1.54) is 0 Å². The minimum atomic E-state index is -0.879. The maximum Gasteiger partial charge on any atom is 0.283 e. The minimum absolute atomic E-state index is 0.0281. The van der Waals surface area contributed by atoms with Gasteiger partial charge >= 0.3 is 0 Å². The molecular formula is C26H28N4O4. The lowest BCUT2D eigenvalue weighted by Crippen LogP contribution is -2.31. The summed E-state index contributed by atoms with van der Waals surface area (Å²) in [5.41, 5.74) is 8.55. The minimum Gasteiger partial charge on any atom is -0.493 e. The summed E-state index contributed by atoms with van der Waals surface area (Å²) in [5.74, 6) is 2.44. The van der Waals surface area contributed by atoms with Gasteiger partial charge in [-0.05, 0) is 42.7 Å².